The molecule has 1 saturated heterocycles. The molecule has 3 aromatic rings. The number of ether oxygens (including phenoxy) is 1. The molecule has 34 heavy (non-hydrogen) atoms. The van der Waals surface area contributed by atoms with Crippen LogP contribution in [-0.2, 0) is 10.2 Å². The number of thiazole rings is 1. The second-order valence-corrected chi connectivity index (χ2v) is 9.50. The summed E-state index contributed by atoms with van der Waals surface area (Å²) in [7, 11) is 1.62. The maximum absolute atomic E-state index is 14.8. The molecule has 0 aliphatic carbocycles. The molecule has 1 amide bonds. The normalized spacial score (nSPS) is 15.7. The van der Waals surface area contributed by atoms with Gasteiger partial charge in [0.2, 0.25) is 0 Å². The van der Waals surface area contributed by atoms with Crippen LogP contribution in [0.2, 0.25) is 0 Å². The summed E-state index contributed by atoms with van der Waals surface area (Å²) in [6.07, 6.45) is 0. The molecule has 0 saturated carbocycles. The van der Waals surface area contributed by atoms with E-state index in [4.69, 9.17) is 4.74 Å². The summed E-state index contributed by atoms with van der Waals surface area (Å²) < 4.78 is 35.1. The van der Waals surface area contributed by atoms with Crippen LogP contribution >= 0.6 is 11.3 Å². The third kappa shape index (κ3) is 4.96. The van der Waals surface area contributed by atoms with E-state index in [-0.39, 0.29) is 5.13 Å². The van der Waals surface area contributed by atoms with Gasteiger partial charge in [0.05, 0.1) is 17.7 Å². The first-order valence-electron chi connectivity index (χ1n) is 11.1. The first kappa shape index (κ1) is 24.3. The quantitative estimate of drug-likeness (QED) is 0.520. The average Bonchev–Trinajstić information content (AvgIpc) is 3.29. The number of nitrogens with zero attached hydrogens (tertiary/aromatic N) is 2. The van der Waals surface area contributed by atoms with Crippen molar-refractivity contribution < 1.29 is 18.3 Å². The van der Waals surface area contributed by atoms with Crippen LogP contribution in [0.3, 0.4) is 0 Å². The number of nitrogens with one attached hydrogen (secondary N) is 2. The molecule has 6 nitrogen and oxygen atoms in total. The fourth-order valence-corrected chi connectivity index (χ4v) is 4.98. The minimum atomic E-state index is -0.897. The number of piperazine rings is 1. The van der Waals surface area contributed by atoms with E-state index in [2.05, 4.69) is 15.6 Å². The van der Waals surface area contributed by atoms with Gasteiger partial charge in [-0.2, -0.15) is 0 Å². The van der Waals surface area contributed by atoms with Gasteiger partial charge < -0.3 is 15.0 Å². The van der Waals surface area contributed by atoms with Crippen molar-refractivity contribution in [3.8, 4) is 0 Å². The Labute approximate surface area is 202 Å². The van der Waals surface area contributed by atoms with Crippen LogP contribution in [0.25, 0.3) is 0 Å². The van der Waals surface area contributed by atoms with Crippen LogP contribution in [0.4, 0.5) is 19.6 Å². The molecule has 180 valence electrons. The molecule has 2 aromatic carbocycles. The first-order chi connectivity index (χ1) is 16.3. The van der Waals surface area contributed by atoms with Gasteiger partial charge in [0.1, 0.15) is 17.2 Å². The Bertz CT molecular complexity index is 1140. The van der Waals surface area contributed by atoms with Gasteiger partial charge in [0.25, 0.3) is 5.91 Å². The SMILES string of the molecule is COCC(C)(c1ccc(C)cc1)c1csc(NC(=O)c2c(F)cc(N3CCNCC3)cc2F)n1. The zero-order valence-electron chi connectivity index (χ0n) is 19.5. The molecular formula is C25H28F2N4O2S. The topological polar surface area (TPSA) is 66.5 Å². The molecule has 0 spiro atoms. The first-order valence-corrected chi connectivity index (χ1v) is 12.0. The lowest BCUT2D eigenvalue weighted by atomic mass is 9.80. The van der Waals surface area contributed by atoms with Crippen LogP contribution in [0.5, 0.6) is 0 Å². The number of aryl methyl sites for hydroxylation is 1. The number of carbonyl (C=O) groups is 1. The van der Waals surface area contributed by atoms with Crippen molar-refractivity contribution in [1.29, 1.82) is 0 Å². The number of halogens is 2. The number of carbonyl (C=O) groups excluding carboxylic acids is 1. The van der Waals surface area contributed by atoms with E-state index in [9.17, 15) is 13.6 Å². The predicted molar refractivity (Wildman–Crippen MR) is 131 cm³/mol. The number of amides is 1. The molecule has 1 aromatic heterocycles. The number of benzene rings is 2. The van der Waals surface area contributed by atoms with E-state index in [1.807, 2.05) is 48.4 Å². The highest BCUT2D eigenvalue weighted by atomic mass is 32.1. The number of methoxy groups -OCH3 is 1. The molecule has 0 bridgehead atoms. The number of hydrogen-bond donors (Lipinski definition) is 2. The maximum atomic E-state index is 14.8. The highest BCUT2D eigenvalue weighted by Gasteiger charge is 2.32. The predicted octanol–water partition coefficient (Wildman–Crippen LogP) is 4.34. The zero-order valence-corrected chi connectivity index (χ0v) is 20.3. The van der Waals surface area contributed by atoms with Gasteiger partial charge in [-0.1, -0.05) is 29.8 Å². The summed E-state index contributed by atoms with van der Waals surface area (Å²) in [6.45, 7) is 7.17. The van der Waals surface area contributed by atoms with Crippen molar-refractivity contribution in [1.82, 2.24) is 10.3 Å². The lowest BCUT2D eigenvalue weighted by Crippen LogP contribution is -2.43. The lowest BCUT2D eigenvalue weighted by molar-refractivity contribution is 0.101. The molecule has 0 radical (unpaired) electrons. The van der Waals surface area contributed by atoms with Gasteiger partial charge in [-0.3, -0.25) is 10.1 Å². The van der Waals surface area contributed by atoms with E-state index < -0.39 is 28.5 Å². The second kappa shape index (κ2) is 10.2. The summed E-state index contributed by atoms with van der Waals surface area (Å²) >= 11 is 1.20. The van der Waals surface area contributed by atoms with Gasteiger partial charge in [-0.15, -0.1) is 11.3 Å². The minimum Gasteiger partial charge on any atom is -0.383 e. The van der Waals surface area contributed by atoms with Crippen molar-refractivity contribution in [2.75, 3.05) is 50.1 Å². The number of aromatic nitrogens is 1. The molecule has 2 heterocycles. The van der Waals surface area contributed by atoms with Gasteiger partial charge in [-0.25, -0.2) is 13.8 Å². The third-order valence-electron chi connectivity index (χ3n) is 6.15. The molecule has 1 fully saturated rings. The van der Waals surface area contributed by atoms with Crippen LogP contribution in [-0.4, -0.2) is 50.8 Å². The van der Waals surface area contributed by atoms with Crippen molar-refractivity contribution in [2.24, 2.45) is 0 Å². The maximum Gasteiger partial charge on any atom is 0.263 e. The molecular weight excluding hydrogens is 458 g/mol. The molecule has 2 N–H and O–H groups in total. The van der Waals surface area contributed by atoms with E-state index in [0.717, 1.165) is 24.2 Å². The molecule has 1 aliphatic heterocycles. The molecule has 9 heteroatoms. The zero-order chi connectivity index (χ0) is 24.3. The minimum absolute atomic E-state index is 0.263. The third-order valence-corrected chi connectivity index (χ3v) is 6.91. The fourth-order valence-electron chi connectivity index (χ4n) is 4.14. The van der Waals surface area contributed by atoms with Gasteiger partial charge in [0, 0.05) is 44.4 Å². The fraction of sp³-hybridized carbons (Fsp3) is 0.360. The van der Waals surface area contributed by atoms with Crippen LogP contribution in [0.15, 0.2) is 41.8 Å². The second-order valence-electron chi connectivity index (χ2n) is 8.64. The van der Waals surface area contributed by atoms with Gasteiger partial charge in [-0.05, 0) is 31.5 Å². The van der Waals surface area contributed by atoms with Crippen molar-refractivity contribution in [2.45, 2.75) is 19.3 Å². The molecule has 1 aliphatic rings. The summed E-state index contributed by atoms with van der Waals surface area (Å²) in [5, 5.41) is 7.85. The summed E-state index contributed by atoms with van der Waals surface area (Å²) in [5.74, 6) is -2.66. The Morgan fingerprint density at radius 3 is 2.47 bits per heavy atom. The standard InChI is InChI=1S/C25H28F2N4O2S/c1-16-4-6-17(7-5-16)25(2,15-33-3)21-14-34-24(29-21)30-23(32)22-19(26)12-18(13-20(22)27)31-10-8-28-9-11-31/h4-7,12-14,28H,8-11,15H2,1-3H3,(H,29,30,32). The van der Waals surface area contributed by atoms with Gasteiger partial charge in [0.15, 0.2) is 5.13 Å². The Morgan fingerprint density at radius 1 is 1.21 bits per heavy atom. The van der Waals surface area contributed by atoms with Crippen LogP contribution in [0.1, 0.15) is 34.1 Å². The van der Waals surface area contributed by atoms with Crippen molar-refractivity contribution >= 4 is 28.1 Å². The largest absolute Gasteiger partial charge is 0.383 e. The van der Waals surface area contributed by atoms with E-state index in [1.54, 1.807) is 7.11 Å². The Balaban J connectivity index is 1.55. The summed E-state index contributed by atoms with van der Waals surface area (Å²) in [6, 6.07) is 10.5. The van der Waals surface area contributed by atoms with Crippen LogP contribution < -0.4 is 15.5 Å². The molecule has 1 atom stereocenters. The van der Waals surface area contributed by atoms with Crippen LogP contribution in [0, 0.1) is 18.6 Å². The van der Waals surface area contributed by atoms with Crippen molar-refractivity contribution in [3.05, 3.63) is 75.8 Å². The summed E-state index contributed by atoms with van der Waals surface area (Å²) in [4.78, 5) is 19.2. The number of rotatable bonds is 7. The highest BCUT2D eigenvalue weighted by Crippen LogP contribution is 2.35. The molecule has 4 rings (SSSR count). The Morgan fingerprint density at radius 2 is 1.85 bits per heavy atom. The highest BCUT2D eigenvalue weighted by molar-refractivity contribution is 7.14. The van der Waals surface area contributed by atoms with E-state index >= 15 is 0 Å². The molecule has 1 unspecified atom stereocenters. The Hall–Kier alpha value is -2.88. The number of hydrogen-bond acceptors (Lipinski definition) is 6. The van der Waals surface area contributed by atoms with E-state index in [1.165, 1.54) is 23.5 Å². The smallest absolute Gasteiger partial charge is 0.263 e. The summed E-state index contributed by atoms with van der Waals surface area (Å²) in [5.41, 5.74) is 2.12. The van der Waals surface area contributed by atoms with Gasteiger partial charge >= 0.3 is 0 Å². The average molecular weight is 487 g/mol. The van der Waals surface area contributed by atoms with Crippen molar-refractivity contribution in [3.63, 3.8) is 0 Å². The number of anilines is 2. The van der Waals surface area contributed by atoms with E-state index in [0.29, 0.717) is 31.1 Å². The Kier molecular flexibility index (Phi) is 7.25. The lowest BCUT2D eigenvalue weighted by Gasteiger charge is -2.29. The monoisotopic (exact) mass is 486 g/mol.